The number of benzene rings is 1. The molecule has 0 aliphatic heterocycles. The summed E-state index contributed by atoms with van der Waals surface area (Å²) < 4.78 is 5.05. The summed E-state index contributed by atoms with van der Waals surface area (Å²) >= 11 is 0. The fraction of sp³-hybridized carbons (Fsp3) is 0.222. The molecule has 1 aromatic rings. The molecule has 1 N–H and O–H groups in total. The maximum atomic E-state index is 5.05. The molecule has 0 atom stereocenters. The van der Waals surface area contributed by atoms with E-state index in [1.54, 1.807) is 7.11 Å². The van der Waals surface area contributed by atoms with Crippen LogP contribution < -0.4 is 10.1 Å². The number of methoxy groups -OCH3 is 1. The van der Waals surface area contributed by atoms with Crippen LogP contribution in [0.2, 0.25) is 0 Å². The molecule has 1 radical (unpaired) electrons. The Morgan fingerprint density at radius 2 is 2.36 bits per heavy atom. The first-order chi connectivity index (χ1) is 5.36. The fourth-order valence-electron chi connectivity index (χ4n) is 0.927. The van der Waals surface area contributed by atoms with Gasteiger partial charge in [-0.1, -0.05) is 12.1 Å². The lowest BCUT2D eigenvalue weighted by Crippen LogP contribution is -2.01. The van der Waals surface area contributed by atoms with Crippen molar-refractivity contribution < 1.29 is 4.74 Å². The lowest BCUT2D eigenvalue weighted by Gasteiger charge is -2.02. The van der Waals surface area contributed by atoms with Crippen LogP contribution in [0.25, 0.3) is 0 Å². The van der Waals surface area contributed by atoms with Crippen LogP contribution in [0.5, 0.6) is 5.75 Å². The third-order valence-corrected chi connectivity index (χ3v) is 1.46. The summed E-state index contributed by atoms with van der Waals surface area (Å²) in [5.74, 6) is 0.887. The average Bonchev–Trinajstić information content (AvgIpc) is 2.06. The summed E-state index contributed by atoms with van der Waals surface area (Å²) in [4.78, 5) is 0. The minimum Gasteiger partial charge on any atom is -0.497 e. The number of hydrogen-bond donors (Lipinski definition) is 1. The molecule has 1 aromatic carbocycles. The van der Waals surface area contributed by atoms with Crippen molar-refractivity contribution >= 4 is 0 Å². The van der Waals surface area contributed by atoms with Crippen molar-refractivity contribution in [2.75, 3.05) is 7.11 Å². The summed E-state index contributed by atoms with van der Waals surface area (Å²) in [7, 11) is 5.21. The Bertz CT molecular complexity index is 223. The quantitative estimate of drug-likeness (QED) is 0.706. The first kappa shape index (κ1) is 8.08. The Morgan fingerprint density at radius 3 is 3.00 bits per heavy atom. The molecule has 0 saturated carbocycles. The molecule has 0 amide bonds. The fourth-order valence-corrected chi connectivity index (χ4v) is 0.927. The monoisotopic (exact) mass is 150 g/mol. The maximum absolute atomic E-state index is 5.05. The minimum atomic E-state index is 0.775. The molecule has 0 saturated heterocycles. The van der Waals surface area contributed by atoms with Gasteiger partial charge in [0.1, 0.15) is 5.75 Å². The topological polar surface area (TPSA) is 21.3 Å². The molecule has 2 nitrogen and oxygen atoms in total. The summed E-state index contributed by atoms with van der Waals surface area (Å²) in [6.45, 7) is 0.775. The van der Waals surface area contributed by atoms with E-state index in [4.69, 9.17) is 4.74 Å². The Labute approximate surface area is 67.2 Å². The summed E-state index contributed by atoms with van der Waals surface area (Å²) in [6.07, 6.45) is 0. The molecule has 0 unspecified atom stereocenters. The second-order valence-electron chi connectivity index (χ2n) is 2.28. The zero-order valence-corrected chi connectivity index (χ0v) is 6.63. The van der Waals surface area contributed by atoms with Crippen molar-refractivity contribution in [3.8, 4) is 5.75 Å². The molecule has 2 heteroatoms. The molecule has 0 heterocycles. The molecule has 11 heavy (non-hydrogen) atoms. The van der Waals surface area contributed by atoms with Crippen LogP contribution in [0.4, 0.5) is 0 Å². The van der Waals surface area contributed by atoms with E-state index in [9.17, 15) is 0 Å². The van der Waals surface area contributed by atoms with Crippen LogP contribution >= 0.6 is 0 Å². The van der Waals surface area contributed by atoms with Gasteiger partial charge in [0, 0.05) is 13.6 Å². The van der Waals surface area contributed by atoms with Crippen molar-refractivity contribution in [3.05, 3.63) is 36.9 Å². The molecular weight excluding hydrogens is 138 g/mol. The van der Waals surface area contributed by atoms with Gasteiger partial charge in [0.25, 0.3) is 0 Å². The highest BCUT2D eigenvalue weighted by atomic mass is 16.5. The van der Waals surface area contributed by atoms with Crippen LogP contribution in [-0.2, 0) is 6.54 Å². The zero-order chi connectivity index (χ0) is 8.10. The van der Waals surface area contributed by atoms with Gasteiger partial charge in [-0.25, -0.2) is 0 Å². The van der Waals surface area contributed by atoms with E-state index >= 15 is 0 Å². The molecule has 1 rings (SSSR count). The summed E-state index contributed by atoms with van der Waals surface area (Å²) in [5.41, 5.74) is 1.18. The van der Waals surface area contributed by atoms with E-state index in [-0.39, 0.29) is 0 Å². The first-order valence-electron chi connectivity index (χ1n) is 3.49. The minimum absolute atomic E-state index is 0.775. The van der Waals surface area contributed by atoms with Crippen molar-refractivity contribution in [3.63, 3.8) is 0 Å². The normalized spacial score (nSPS) is 9.64. The van der Waals surface area contributed by atoms with Crippen LogP contribution in [0, 0.1) is 7.05 Å². The third kappa shape index (κ3) is 2.24. The third-order valence-electron chi connectivity index (χ3n) is 1.46. The molecule has 0 aliphatic carbocycles. The second kappa shape index (κ2) is 3.98. The van der Waals surface area contributed by atoms with Crippen molar-refractivity contribution in [1.82, 2.24) is 5.32 Å². The maximum Gasteiger partial charge on any atom is 0.119 e. The Morgan fingerprint density at radius 1 is 1.55 bits per heavy atom. The Balaban J connectivity index is 2.74. The van der Waals surface area contributed by atoms with E-state index < -0.39 is 0 Å². The van der Waals surface area contributed by atoms with E-state index in [0.717, 1.165) is 12.3 Å². The lowest BCUT2D eigenvalue weighted by atomic mass is 10.2. The molecule has 0 fully saturated rings. The lowest BCUT2D eigenvalue weighted by molar-refractivity contribution is 0.414. The molecular formula is C9H12NO. The number of nitrogens with one attached hydrogen (secondary N) is 1. The van der Waals surface area contributed by atoms with Gasteiger partial charge in [-0.15, -0.1) is 0 Å². The van der Waals surface area contributed by atoms with Gasteiger partial charge in [-0.05, 0) is 17.7 Å². The van der Waals surface area contributed by atoms with E-state index in [2.05, 4.69) is 12.4 Å². The van der Waals surface area contributed by atoms with Crippen molar-refractivity contribution in [2.45, 2.75) is 6.54 Å². The Hall–Kier alpha value is -1.02. The highest BCUT2D eigenvalue weighted by Crippen LogP contribution is 2.11. The van der Waals surface area contributed by atoms with Gasteiger partial charge in [-0.3, -0.25) is 0 Å². The van der Waals surface area contributed by atoms with Gasteiger partial charge in [-0.2, -0.15) is 0 Å². The van der Waals surface area contributed by atoms with Crippen LogP contribution in [-0.4, -0.2) is 7.11 Å². The van der Waals surface area contributed by atoms with E-state index in [1.165, 1.54) is 5.56 Å². The zero-order valence-electron chi connectivity index (χ0n) is 6.63. The molecule has 0 aromatic heterocycles. The second-order valence-corrected chi connectivity index (χ2v) is 2.28. The molecule has 0 aliphatic rings. The van der Waals surface area contributed by atoms with Gasteiger partial charge in [0.05, 0.1) is 7.11 Å². The molecule has 59 valence electrons. The highest BCUT2D eigenvalue weighted by molar-refractivity contribution is 5.28. The van der Waals surface area contributed by atoms with Crippen LogP contribution in [0.1, 0.15) is 5.56 Å². The standard InChI is InChI=1S/C9H12NO/c1-10-7-8-4-3-5-9(6-8)11-2/h3-6,10H,1,7H2,2H3. The SMILES string of the molecule is [CH2]NCc1cccc(OC)c1. The first-order valence-corrected chi connectivity index (χ1v) is 3.49. The van der Waals surface area contributed by atoms with Crippen LogP contribution in [0.3, 0.4) is 0 Å². The van der Waals surface area contributed by atoms with Crippen molar-refractivity contribution in [1.29, 1.82) is 0 Å². The highest BCUT2D eigenvalue weighted by Gasteiger charge is 1.92. The number of hydrogen-bond acceptors (Lipinski definition) is 2. The summed E-state index contributed by atoms with van der Waals surface area (Å²) in [6, 6.07) is 7.90. The van der Waals surface area contributed by atoms with E-state index in [0.29, 0.717) is 0 Å². The van der Waals surface area contributed by atoms with Crippen LogP contribution in [0.15, 0.2) is 24.3 Å². The van der Waals surface area contributed by atoms with Gasteiger partial charge >= 0.3 is 0 Å². The van der Waals surface area contributed by atoms with E-state index in [1.807, 2.05) is 24.3 Å². The molecule has 0 spiro atoms. The predicted molar refractivity (Wildman–Crippen MR) is 45.2 cm³/mol. The molecule has 0 bridgehead atoms. The average molecular weight is 150 g/mol. The van der Waals surface area contributed by atoms with Gasteiger partial charge < -0.3 is 10.1 Å². The Kier molecular flexibility index (Phi) is 2.93. The smallest absolute Gasteiger partial charge is 0.119 e. The van der Waals surface area contributed by atoms with Gasteiger partial charge in [0.2, 0.25) is 0 Å². The predicted octanol–water partition coefficient (Wildman–Crippen LogP) is 1.58. The largest absolute Gasteiger partial charge is 0.497 e. The van der Waals surface area contributed by atoms with Gasteiger partial charge in [0.15, 0.2) is 0 Å². The number of ether oxygens (including phenoxy) is 1. The number of rotatable bonds is 3. The summed E-state index contributed by atoms with van der Waals surface area (Å²) in [5, 5.41) is 2.83. The van der Waals surface area contributed by atoms with Crippen molar-refractivity contribution in [2.24, 2.45) is 0 Å².